The van der Waals surface area contributed by atoms with Gasteiger partial charge in [0, 0.05) is 40.2 Å². The average Bonchev–Trinajstić information content (AvgIpc) is 2.40. The van der Waals surface area contributed by atoms with E-state index in [0.717, 1.165) is 34.3 Å². The van der Waals surface area contributed by atoms with E-state index in [4.69, 9.17) is 23.2 Å². The summed E-state index contributed by atoms with van der Waals surface area (Å²) in [4.78, 5) is 2.43. The van der Waals surface area contributed by atoms with E-state index < -0.39 is 0 Å². The highest BCUT2D eigenvalue weighted by atomic mass is 35.5. The number of rotatable bonds is 4. The van der Waals surface area contributed by atoms with Gasteiger partial charge >= 0.3 is 0 Å². The van der Waals surface area contributed by atoms with Crippen LogP contribution in [0.2, 0.25) is 10.0 Å². The highest BCUT2D eigenvalue weighted by molar-refractivity contribution is 7.99. The lowest BCUT2D eigenvalue weighted by Gasteiger charge is -2.38. The summed E-state index contributed by atoms with van der Waals surface area (Å²) in [5.74, 6) is 2.38. The molecule has 1 N–H and O–H groups in total. The molecule has 0 saturated carbocycles. The molecule has 1 aromatic rings. The van der Waals surface area contributed by atoms with Gasteiger partial charge in [-0.05, 0) is 38.2 Å². The van der Waals surface area contributed by atoms with Gasteiger partial charge in [0.25, 0.3) is 0 Å². The molecule has 2 unspecified atom stereocenters. The molecule has 19 heavy (non-hydrogen) atoms. The first-order chi connectivity index (χ1) is 9.13. The summed E-state index contributed by atoms with van der Waals surface area (Å²) in [6.07, 6.45) is 0.866. The Morgan fingerprint density at radius 3 is 2.68 bits per heavy atom. The third-order valence-electron chi connectivity index (χ3n) is 3.76. The molecule has 2 nitrogen and oxygen atoms in total. The molecule has 0 bridgehead atoms. The van der Waals surface area contributed by atoms with Crippen LogP contribution in [0.15, 0.2) is 18.2 Å². The minimum Gasteiger partial charge on any atom is -0.315 e. The van der Waals surface area contributed by atoms with Gasteiger partial charge in [-0.25, -0.2) is 0 Å². The Morgan fingerprint density at radius 2 is 2.11 bits per heavy atom. The van der Waals surface area contributed by atoms with Crippen LogP contribution in [0, 0.1) is 0 Å². The van der Waals surface area contributed by atoms with E-state index in [-0.39, 0.29) is 0 Å². The van der Waals surface area contributed by atoms with Gasteiger partial charge in [-0.3, -0.25) is 0 Å². The Balaban J connectivity index is 2.14. The number of likely N-dealkylation sites (N-methyl/N-ethyl adjacent to an activating group) is 2. The standard InChI is InChI=1S/C14H20Cl2N2S/c1-17-13(14-9-19-7-6-18(14)2)8-10-11(15)4-3-5-12(10)16/h3-5,13-14,17H,6-9H2,1-2H3. The van der Waals surface area contributed by atoms with Crippen LogP contribution in [0.5, 0.6) is 0 Å². The molecule has 1 saturated heterocycles. The lowest BCUT2D eigenvalue weighted by molar-refractivity contribution is 0.219. The molecule has 5 heteroatoms. The molecule has 1 fully saturated rings. The summed E-state index contributed by atoms with van der Waals surface area (Å²) in [6, 6.07) is 6.61. The number of halogens is 2. The molecule has 0 aromatic heterocycles. The average molecular weight is 319 g/mol. The van der Waals surface area contributed by atoms with Crippen LogP contribution in [-0.2, 0) is 6.42 Å². The first-order valence-electron chi connectivity index (χ1n) is 6.51. The second kappa shape index (κ2) is 7.19. The first-order valence-corrected chi connectivity index (χ1v) is 8.42. The van der Waals surface area contributed by atoms with Gasteiger partial charge in [0.15, 0.2) is 0 Å². The molecule has 1 heterocycles. The van der Waals surface area contributed by atoms with Crippen LogP contribution in [-0.4, -0.2) is 49.1 Å². The number of thioether (sulfide) groups is 1. The zero-order valence-corrected chi connectivity index (χ0v) is 13.7. The molecular formula is C14H20Cl2N2S. The Labute approximate surface area is 129 Å². The van der Waals surface area contributed by atoms with Crippen molar-refractivity contribution < 1.29 is 0 Å². The third kappa shape index (κ3) is 3.79. The van der Waals surface area contributed by atoms with Gasteiger partial charge in [-0.2, -0.15) is 11.8 Å². The second-order valence-corrected chi connectivity index (χ2v) is 6.89. The summed E-state index contributed by atoms with van der Waals surface area (Å²) < 4.78 is 0. The fourth-order valence-electron chi connectivity index (χ4n) is 2.51. The number of benzene rings is 1. The van der Waals surface area contributed by atoms with E-state index in [1.54, 1.807) is 0 Å². The minimum atomic E-state index is 0.371. The number of hydrogen-bond acceptors (Lipinski definition) is 3. The molecule has 0 aliphatic carbocycles. The molecule has 0 radical (unpaired) electrons. The van der Waals surface area contributed by atoms with Gasteiger partial charge in [0.05, 0.1) is 0 Å². The van der Waals surface area contributed by atoms with Gasteiger partial charge in [-0.1, -0.05) is 29.3 Å². The molecule has 0 amide bonds. The monoisotopic (exact) mass is 318 g/mol. The van der Waals surface area contributed by atoms with E-state index in [1.165, 1.54) is 5.75 Å². The fraction of sp³-hybridized carbons (Fsp3) is 0.571. The van der Waals surface area contributed by atoms with Crippen molar-refractivity contribution in [2.24, 2.45) is 0 Å². The maximum atomic E-state index is 6.27. The lowest BCUT2D eigenvalue weighted by Crippen LogP contribution is -2.52. The lowest BCUT2D eigenvalue weighted by atomic mass is 9.99. The van der Waals surface area contributed by atoms with Crippen LogP contribution in [0.25, 0.3) is 0 Å². The molecule has 1 aliphatic rings. The number of nitrogens with zero attached hydrogens (tertiary/aromatic N) is 1. The normalized spacial score (nSPS) is 22.4. The quantitative estimate of drug-likeness (QED) is 0.918. The van der Waals surface area contributed by atoms with Gasteiger partial charge in [0.1, 0.15) is 0 Å². The highest BCUT2D eigenvalue weighted by Crippen LogP contribution is 2.27. The van der Waals surface area contributed by atoms with Crippen molar-refractivity contribution in [1.29, 1.82) is 0 Å². The van der Waals surface area contributed by atoms with Crippen molar-refractivity contribution in [3.05, 3.63) is 33.8 Å². The fourth-order valence-corrected chi connectivity index (χ4v) is 4.37. The van der Waals surface area contributed by atoms with Gasteiger partial charge in [0.2, 0.25) is 0 Å². The van der Waals surface area contributed by atoms with Gasteiger partial charge in [-0.15, -0.1) is 0 Å². The Morgan fingerprint density at radius 1 is 1.42 bits per heavy atom. The third-order valence-corrected chi connectivity index (χ3v) is 5.52. The summed E-state index contributed by atoms with van der Waals surface area (Å²) in [5.41, 5.74) is 1.05. The SMILES string of the molecule is CNC(Cc1c(Cl)cccc1Cl)C1CSCCN1C. The summed E-state index contributed by atoms with van der Waals surface area (Å²) in [6.45, 7) is 1.14. The number of hydrogen-bond donors (Lipinski definition) is 1. The first kappa shape index (κ1) is 15.5. The van der Waals surface area contributed by atoms with Crippen molar-refractivity contribution in [1.82, 2.24) is 10.2 Å². The molecule has 2 rings (SSSR count). The molecule has 0 spiro atoms. The topological polar surface area (TPSA) is 15.3 Å². The van der Waals surface area contributed by atoms with Crippen LogP contribution in [0.1, 0.15) is 5.56 Å². The Kier molecular flexibility index (Phi) is 5.85. The van der Waals surface area contributed by atoms with E-state index in [1.807, 2.05) is 37.0 Å². The van der Waals surface area contributed by atoms with Crippen LogP contribution in [0.4, 0.5) is 0 Å². The highest BCUT2D eigenvalue weighted by Gasteiger charge is 2.28. The van der Waals surface area contributed by atoms with Gasteiger partial charge < -0.3 is 10.2 Å². The smallest absolute Gasteiger partial charge is 0.0453 e. The van der Waals surface area contributed by atoms with Crippen molar-refractivity contribution >= 4 is 35.0 Å². The van der Waals surface area contributed by atoms with Crippen molar-refractivity contribution in [3.8, 4) is 0 Å². The van der Waals surface area contributed by atoms with E-state index in [9.17, 15) is 0 Å². The van der Waals surface area contributed by atoms with E-state index >= 15 is 0 Å². The van der Waals surface area contributed by atoms with Crippen molar-refractivity contribution in [3.63, 3.8) is 0 Å². The van der Waals surface area contributed by atoms with Crippen LogP contribution >= 0.6 is 35.0 Å². The predicted molar refractivity (Wildman–Crippen MR) is 86.8 cm³/mol. The molecule has 2 atom stereocenters. The maximum absolute atomic E-state index is 6.27. The molecular weight excluding hydrogens is 299 g/mol. The minimum absolute atomic E-state index is 0.371. The van der Waals surface area contributed by atoms with E-state index in [2.05, 4.69) is 17.3 Å². The largest absolute Gasteiger partial charge is 0.315 e. The molecule has 106 valence electrons. The summed E-state index contributed by atoms with van der Waals surface area (Å²) >= 11 is 14.6. The molecule has 1 aliphatic heterocycles. The maximum Gasteiger partial charge on any atom is 0.0453 e. The van der Waals surface area contributed by atoms with E-state index in [0.29, 0.717) is 12.1 Å². The zero-order valence-electron chi connectivity index (χ0n) is 11.3. The summed E-state index contributed by atoms with van der Waals surface area (Å²) in [7, 11) is 4.21. The summed E-state index contributed by atoms with van der Waals surface area (Å²) in [5, 5.41) is 4.96. The molecule has 1 aromatic carbocycles. The van der Waals surface area contributed by atoms with Crippen LogP contribution < -0.4 is 5.32 Å². The van der Waals surface area contributed by atoms with Crippen molar-refractivity contribution in [2.75, 3.05) is 32.1 Å². The zero-order chi connectivity index (χ0) is 13.8. The Bertz CT molecular complexity index is 408. The second-order valence-electron chi connectivity index (χ2n) is 4.92. The van der Waals surface area contributed by atoms with Crippen molar-refractivity contribution in [2.45, 2.75) is 18.5 Å². The van der Waals surface area contributed by atoms with Crippen LogP contribution in [0.3, 0.4) is 0 Å². The Hall–Kier alpha value is 0.0700. The number of nitrogens with one attached hydrogen (secondary N) is 1. The predicted octanol–water partition coefficient (Wildman–Crippen LogP) is 3.17.